The Morgan fingerprint density at radius 1 is 1.35 bits per heavy atom. The van der Waals surface area contributed by atoms with Crippen LogP contribution in [0.3, 0.4) is 0 Å². The van der Waals surface area contributed by atoms with Crippen LogP contribution in [0.2, 0.25) is 0 Å². The van der Waals surface area contributed by atoms with Gasteiger partial charge in [-0.25, -0.2) is 4.79 Å². The fourth-order valence-corrected chi connectivity index (χ4v) is 2.27. The van der Waals surface area contributed by atoms with Crippen molar-refractivity contribution in [2.24, 2.45) is 5.73 Å². The summed E-state index contributed by atoms with van der Waals surface area (Å²) >= 11 is 0. The number of primary amides is 1. The molecule has 20 heavy (non-hydrogen) atoms. The Labute approximate surface area is 123 Å². The number of piperazine rings is 1. The summed E-state index contributed by atoms with van der Waals surface area (Å²) in [7, 11) is 0. The summed E-state index contributed by atoms with van der Waals surface area (Å²) in [5.41, 5.74) is 6.62. The van der Waals surface area contributed by atoms with Crippen molar-refractivity contribution in [3.63, 3.8) is 0 Å². The average molecular weight is 300 g/mol. The number of nitrogens with one attached hydrogen (secondary N) is 1. The third-order valence-electron chi connectivity index (χ3n) is 3.31. The second kappa shape index (κ2) is 7.12. The molecule has 1 atom stereocenters. The lowest BCUT2D eigenvalue weighted by Gasteiger charge is -2.34. The molecule has 0 spiro atoms. The molecule has 0 aromatic heterocycles. The molecular weight excluding hydrogens is 282 g/mol. The quantitative estimate of drug-likeness (QED) is 0.765. The Hall–Kier alpha value is -1.79. The number of carbonyl (C=O) groups is 2. The molecule has 1 aliphatic heterocycles. The molecule has 1 aliphatic rings. The fraction of sp³-hybridized carbons (Fsp3) is 0.385. The zero-order chi connectivity index (χ0) is 13.8. The second-order valence-electron chi connectivity index (χ2n) is 4.60. The first-order valence-corrected chi connectivity index (χ1v) is 6.17. The maximum atomic E-state index is 11.1. The van der Waals surface area contributed by atoms with E-state index in [1.165, 1.54) is 4.90 Å². The molecule has 1 fully saturated rings. The number of halogens is 1. The average Bonchev–Trinajstić information content (AvgIpc) is 2.39. The van der Waals surface area contributed by atoms with E-state index < -0.39 is 12.0 Å². The highest BCUT2D eigenvalue weighted by Crippen LogP contribution is 2.12. The van der Waals surface area contributed by atoms with Gasteiger partial charge < -0.3 is 21.1 Å². The Morgan fingerprint density at radius 3 is 2.55 bits per heavy atom. The van der Waals surface area contributed by atoms with E-state index in [0.29, 0.717) is 31.6 Å². The van der Waals surface area contributed by atoms with Gasteiger partial charge in [0.1, 0.15) is 0 Å². The number of carboxylic acid groups (broad SMARTS) is 1. The van der Waals surface area contributed by atoms with E-state index in [4.69, 9.17) is 10.8 Å². The first-order chi connectivity index (χ1) is 9.08. The first-order valence-electron chi connectivity index (χ1n) is 6.17. The van der Waals surface area contributed by atoms with Gasteiger partial charge >= 0.3 is 6.09 Å². The maximum Gasteiger partial charge on any atom is 0.407 e. The Morgan fingerprint density at radius 2 is 2.00 bits per heavy atom. The van der Waals surface area contributed by atoms with E-state index >= 15 is 0 Å². The molecule has 7 heteroatoms. The van der Waals surface area contributed by atoms with Gasteiger partial charge in [-0.1, -0.05) is 12.1 Å². The van der Waals surface area contributed by atoms with Gasteiger partial charge in [0.15, 0.2) is 0 Å². The molecular formula is C13H18ClN3O3. The van der Waals surface area contributed by atoms with Gasteiger partial charge in [-0.3, -0.25) is 4.79 Å². The van der Waals surface area contributed by atoms with Gasteiger partial charge in [-0.15, -0.1) is 12.4 Å². The maximum absolute atomic E-state index is 11.1. The van der Waals surface area contributed by atoms with Crippen molar-refractivity contribution in [3.05, 3.63) is 35.4 Å². The number of rotatable bonds is 3. The van der Waals surface area contributed by atoms with E-state index in [-0.39, 0.29) is 18.4 Å². The summed E-state index contributed by atoms with van der Waals surface area (Å²) < 4.78 is 0. The van der Waals surface area contributed by atoms with E-state index in [0.717, 1.165) is 5.56 Å². The number of benzene rings is 1. The van der Waals surface area contributed by atoms with Crippen LogP contribution in [-0.4, -0.2) is 47.7 Å². The third-order valence-corrected chi connectivity index (χ3v) is 3.31. The third kappa shape index (κ3) is 3.85. The van der Waals surface area contributed by atoms with Gasteiger partial charge in [0, 0.05) is 25.2 Å². The monoisotopic (exact) mass is 299 g/mol. The highest BCUT2D eigenvalue weighted by molar-refractivity contribution is 5.92. The zero-order valence-electron chi connectivity index (χ0n) is 10.9. The van der Waals surface area contributed by atoms with Crippen LogP contribution < -0.4 is 11.1 Å². The van der Waals surface area contributed by atoms with Gasteiger partial charge in [0.05, 0.1) is 6.04 Å². The van der Waals surface area contributed by atoms with Crippen LogP contribution in [0, 0.1) is 0 Å². The first kappa shape index (κ1) is 16.3. The van der Waals surface area contributed by atoms with Gasteiger partial charge in [-0.05, 0) is 24.1 Å². The van der Waals surface area contributed by atoms with Crippen LogP contribution in [0.25, 0.3) is 0 Å². The van der Waals surface area contributed by atoms with Crippen LogP contribution in [0.1, 0.15) is 15.9 Å². The molecule has 2 rings (SSSR count). The molecule has 1 heterocycles. The lowest BCUT2D eigenvalue weighted by atomic mass is 10.0. The summed E-state index contributed by atoms with van der Waals surface area (Å²) in [6.07, 6.45) is -0.265. The molecule has 4 N–H and O–H groups in total. The Kier molecular flexibility index (Phi) is 5.79. The Bertz CT molecular complexity index is 478. The van der Waals surface area contributed by atoms with Crippen molar-refractivity contribution < 1.29 is 14.7 Å². The van der Waals surface area contributed by atoms with Gasteiger partial charge in [-0.2, -0.15) is 0 Å². The predicted molar refractivity (Wildman–Crippen MR) is 77.3 cm³/mol. The van der Waals surface area contributed by atoms with Crippen molar-refractivity contribution in [2.45, 2.75) is 12.5 Å². The molecule has 1 aromatic carbocycles. The molecule has 110 valence electrons. The van der Waals surface area contributed by atoms with Crippen molar-refractivity contribution in [1.82, 2.24) is 10.2 Å². The minimum absolute atomic E-state index is 0. The topological polar surface area (TPSA) is 95.7 Å². The molecule has 0 saturated carbocycles. The lowest BCUT2D eigenvalue weighted by Crippen LogP contribution is -2.54. The number of nitrogens with two attached hydrogens (primary N) is 1. The number of nitrogens with zero attached hydrogens (tertiary/aromatic N) is 1. The summed E-state index contributed by atoms with van der Waals surface area (Å²) in [6, 6.07) is 6.88. The smallest absolute Gasteiger partial charge is 0.407 e. The van der Waals surface area contributed by atoms with E-state index in [2.05, 4.69) is 5.32 Å². The lowest BCUT2D eigenvalue weighted by molar-refractivity contribution is 0.1000. The van der Waals surface area contributed by atoms with Crippen molar-refractivity contribution in [1.29, 1.82) is 0 Å². The van der Waals surface area contributed by atoms with Crippen molar-refractivity contribution in [2.75, 3.05) is 19.6 Å². The standard InChI is InChI=1S/C13H17N3O3.ClH/c14-12(17)10-3-1-9(2-4-10)7-11-8-15-5-6-16(11)13(18)19;/h1-4,11,15H,5-8H2,(H2,14,17)(H,18,19);1H. The van der Waals surface area contributed by atoms with E-state index in [1.54, 1.807) is 12.1 Å². The van der Waals surface area contributed by atoms with Crippen LogP contribution >= 0.6 is 12.4 Å². The summed E-state index contributed by atoms with van der Waals surface area (Å²) in [5.74, 6) is -0.460. The molecule has 1 aromatic rings. The molecule has 0 radical (unpaired) electrons. The largest absolute Gasteiger partial charge is 0.465 e. The molecule has 1 saturated heterocycles. The van der Waals surface area contributed by atoms with Crippen LogP contribution in [0.4, 0.5) is 4.79 Å². The SMILES string of the molecule is Cl.NC(=O)c1ccc(CC2CNCCN2C(=O)O)cc1. The number of hydrogen-bond donors (Lipinski definition) is 3. The van der Waals surface area contributed by atoms with Gasteiger partial charge in [0.2, 0.25) is 5.91 Å². The minimum Gasteiger partial charge on any atom is -0.465 e. The highest BCUT2D eigenvalue weighted by Gasteiger charge is 2.26. The van der Waals surface area contributed by atoms with E-state index in [1.807, 2.05) is 12.1 Å². The molecule has 0 aliphatic carbocycles. The normalized spacial score (nSPS) is 18.2. The molecule has 6 nitrogen and oxygen atoms in total. The minimum atomic E-state index is -0.889. The number of amides is 2. The van der Waals surface area contributed by atoms with Crippen LogP contribution in [0.15, 0.2) is 24.3 Å². The number of carbonyl (C=O) groups excluding carboxylic acids is 1. The van der Waals surface area contributed by atoms with Crippen molar-refractivity contribution >= 4 is 24.4 Å². The molecule has 2 amide bonds. The molecule has 0 bridgehead atoms. The summed E-state index contributed by atoms with van der Waals surface area (Å²) in [5, 5.41) is 12.3. The number of hydrogen-bond acceptors (Lipinski definition) is 3. The highest BCUT2D eigenvalue weighted by atomic mass is 35.5. The van der Waals surface area contributed by atoms with E-state index in [9.17, 15) is 9.59 Å². The zero-order valence-corrected chi connectivity index (χ0v) is 11.7. The van der Waals surface area contributed by atoms with Crippen LogP contribution in [-0.2, 0) is 6.42 Å². The summed E-state index contributed by atoms with van der Waals surface area (Å²) in [4.78, 5) is 23.6. The van der Waals surface area contributed by atoms with Crippen molar-refractivity contribution in [3.8, 4) is 0 Å². The predicted octanol–water partition coefficient (Wildman–Crippen LogP) is 0.702. The van der Waals surface area contributed by atoms with Crippen LogP contribution in [0.5, 0.6) is 0 Å². The Balaban J connectivity index is 0.00000200. The molecule has 1 unspecified atom stereocenters. The van der Waals surface area contributed by atoms with Gasteiger partial charge in [0.25, 0.3) is 0 Å². The summed E-state index contributed by atoms with van der Waals surface area (Å²) in [6.45, 7) is 1.83. The second-order valence-corrected chi connectivity index (χ2v) is 4.60. The fourth-order valence-electron chi connectivity index (χ4n) is 2.27.